The lowest BCUT2D eigenvalue weighted by Crippen LogP contribution is -2.32. The number of hydrogen-bond acceptors (Lipinski definition) is 4. The van der Waals surface area contributed by atoms with Crippen LogP contribution in [0, 0.1) is 6.92 Å². The van der Waals surface area contributed by atoms with Crippen LogP contribution in [0.15, 0.2) is 21.5 Å². The Hall–Kier alpha value is -0.470. The number of sulfonamides is 1. The summed E-state index contributed by atoms with van der Waals surface area (Å²) in [5.74, 6) is 0. The largest absolute Gasteiger partial charge is 0.380 e. The SMILES string of the molecule is CNCc1cc(Br)c(C)c(S(=O)(=O)NCC(C)OC)c1. The Bertz CT molecular complexity index is 561. The number of nitrogens with one attached hydrogen (secondary N) is 2. The molecule has 0 amide bonds. The lowest BCUT2D eigenvalue weighted by molar-refractivity contribution is 0.122. The second-order valence-electron chi connectivity index (χ2n) is 4.63. The van der Waals surface area contributed by atoms with Crippen LogP contribution in [0.1, 0.15) is 18.1 Å². The summed E-state index contributed by atoms with van der Waals surface area (Å²) in [6.07, 6.45) is -0.172. The van der Waals surface area contributed by atoms with E-state index in [2.05, 4.69) is 26.0 Å². The van der Waals surface area contributed by atoms with Gasteiger partial charge >= 0.3 is 0 Å². The quantitative estimate of drug-likeness (QED) is 0.773. The van der Waals surface area contributed by atoms with Crippen molar-refractivity contribution in [2.75, 3.05) is 20.7 Å². The van der Waals surface area contributed by atoms with Crippen LogP contribution in [0.25, 0.3) is 0 Å². The van der Waals surface area contributed by atoms with E-state index in [1.54, 1.807) is 20.1 Å². The van der Waals surface area contributed by atoms with Crippen molar-refractivity contribution in [3.63, 3.8) is 0 Å². The summed E-state index contributed by atoms with van der Waals surface area (Å²) < 4.78 is 33.2. The van der Waals surface area contributed by atoms with Crippen molar-refractivity contribution < 1.29 is 13.2 Å². The molecule has 0 heterocycles. The molecule has 1 aromatic carbocycles. The van der Waals surface area contributed by atoms with Gasteiger partial charge in [-0.2, -0.15) is 0 Å². The van der Waals surface area contributed by atoms with Crippen LogP contribution < -0.4 is 10.0 Å². The van der Waals surface area contributed by atoms with Crippen molar-refractivity contribution in [2.24, 2.45) is 0 Å². The van der Waals surface area contributed by atoms with Gasteiger partial charge in [0.1, 0.15) is 0 Å². The Morgan fingerprint density at radius 3 is 2.60 bits per heavy atom. The summed E-state index contributed by atoms with van der Waals surface area (Å²) in [5.41, 5.74) is 1.60. The molecule has 20 heavy (non-hydrogen) atoms. The predicted molar refractivity (Wildman–Crippen MR) is 83.3 cm³/mol. The molecule has 1 unspecified atom stereocenters. The summed E-state index contributed by atoms with van der Waals surface area (Å²) in [6, 6.07) is 3.61. The van der Waals surface area contributed by atoms with Gasteiger partial charge in [0, 0.05) is 24.7 Å². The second kappa shape index (κ2) is 7.51. The van der Waals surface area contributed by atoms with Gasteiger partial charge in [-0.3, -0.25) is 0 Å². The molecule has 7 heteroatoms. The van der Waals surface area contributed by atoms with Gasteiger partial charge in [0.15, 0.2) is 0 Å². The van der Waals surface area contributed by atoms with E-state index in [1.165, 1.54) is 0 Å². The Labute approximate surface area is 129 Å². The third kappa shape index (κ3) is 4.53. The lowest BCUT2D eigenvalue weighted by Gasteiger charge is -2.15. The van der Waals surface area contributed by atoms with Gasteiger partial charge in [-0.25, -0.2) is 13.1 Å². The van der Waals surface area contributed by atoms with E-state index >= 15 is 0 Å². The second-order valence-corrected chi connectivity index (χ2v) is 7.22. The fourth-order valence-corrected chi connectivity index (χ4v) is 3.75. The number of ether oxygens (including phenoxy) is 1. The molecule has 0 spiro atoms. The minimum Gasteiger partial charge on any atom is -0.380 e. The first-order chi connectivity index (χ1) is 9.31. The fourth-order valence-electron chi connectivity index (χ4n) is 1.68. The molecule has 0 aromatic heterocycles. The van der Waals surface area contributed by atoms with Crippen LogP contribution in [0.2, 0.25) is 0 Å². The molecule has 0 radical (unpaired) electrons. The van der Waals surface area contributed by atoms with Crippen LogP contribution in [0.4, 0.5) is 0 Å². The molecule has 1 rings (SSSR count). The van der Waals surface area contributed by atoms with E-state index in [-0.39, 0.29) is 12.6 Å². The molecule has 114 valence electrons. The molecule has 2 N–H and O–H groups in total. The molecule has 0 saturated carbocycles. The van der Waals surface area contributed by atoms with Gasteiger partial charge < -0.3 is 10.1 Å². The normalized spacial score (nSPS) is 13.4. The first-order valence-corrected chi connectivity index (χ1v) is 8.55. The minimum atomic E-state index is -3.55. The lowest BCUT2D eigenvalue weighted by atomic mass is 10.1. The van der Waals surface area contributed by atoms with Gasteiger partial charge in [0.05, 0.1) is 11.0 Å². The Morgan fingerprint density at radius 2 is 2.05 bits per heavy atom. The molecule has 0 aliphatic rings. The maximum atomic E-state index is 12.4. The van der Waals surface area contributed by atoms with Crippen LogP contribution >= 0.6 is 15.9 Å². The zero-order valence-corrected chi connectivity index (χ0v) is 14.6. The third-order valence-corrected chi connectivity index (χ3v) is 5.36. The van der Waals surface area contributed by atoms with E-state index in [9.17, 15) is 8.42 Å². The third-order valence-electron chi connectivity index (χ3n) is 2.99. The number of methoxy groups -OCH3 is 1. The topological polar surface area (TPSA) is 67.4 Å². The highest BCUT2D eigenvalue weighted by atomic mass is 79.9. The molecular formula is C13H21BrN2O3S. The Morgan fingerprint density at radius 1 is 1.40 bits per heavy atom. The van der Waals surface area contributed by atoms with Crippen LogP contribution in [-0.4, -0.2) is 35.2 Å². The first kappa shape index (κ1) is 17.6. The molecule has 0 bridgehead atoms. The van der Waals surface area contributed by atoms with E-state index in [0.29, 0.717) is 17.0 Å². The van der Waals surface area contributed by atoms with E-state index < -0.39 is 10.0 Å². The molecule has 0 saturated heterocycles. The van der Waals surface area contributed by atoms with Crippen molar-refractivity contribution in [2.45, 2.75) is 31.4 Å². The summed E-state index contributed by atoms with van der Waals surface area (Å²) in [4.78, 5) is 0.292. The molecule has 0 fully saturated rings. The van der Waals surface area contributed by atoms with Crippen molar-refractivity contribution >= 4 is 26.0 Å². The molecule has 1 aromatic rings. The molecule has 0 aliphatic heterocycles. The van der Waals surface area contributed by atoms with E-state index in [0.717, 1.165) is 10.0 Å². The van der Waals surface area contributed by atoms with E-state index in [4.69, 9.17) is 4.74 Å². The minimum absolute atomic E-state index is 0.172. The average molecular weight is 365 g/mol. The van der Waals surface area contributed by atoms with Crippen molar-refractivity contribution in [3.8, 4) is 0 Å². The molecule has 0 aliphatic carbocycles. The number of rotatable bonds is 7. The highest BCUT2D eigenvalue weighted by molar-refractivity contribution is 9.10. The summed E-state index contributed by atoms with van der Waals surface area (Å²) in [7, 11) is -0.177. The van der Waals surface area contributed by atoms with Crippen molar-refractivity contribution in [3.05, 3.63) is 27.7 Å². The standard InChI is InChI=1S/C13H21BrN2O3S/c1-9(19-4)7-16-20(17,18)13-6-11(8-15-3)5-12(14)10(13)2/h5-6,9,15-16H,7-8H2,1-4H3. The van der Waals surface area contributed by atoms with Gasteiger partial charge in [0.2, 0.25) is 10.0 Å². The summed E-state index contributed by atoms with van der Waals surface area (Å²) in [6.45, 7) is 4.44. The van der Waals surface area contributed by atoms with Gasteiger partial charge in [-0.15, -0.1) is 0 Å². The summed E-state index contributed by atoms with van der Waals surface area (Å²) in [5, 5.41) is 3.01. The highest BCUT2D eigenvalue weighted by Gasteiger charge is 2.20. The molecule has 1 atom stereocenters. The smallest absolute Gasteiger partial charge is 0.240 e. The number of hydrogen-bond donors (Lipinski definition) is 2. The van der Waals surface area contributed by atoms with Gasteiger partial charge in [0.25, 0.3) is 0 Å². The number of benzene rings is 1. The first-order valence-electron chi connectivity index (χ1n) is 6.28. The zero-order valence-electron chi connectivity index (χ0n) is 12.2. The zero-order chi connectivity index (χ0) is 15.3. The average Bonchev–Trinajstić information content (AvgIpc) is 2.40. The van der Waals surface area contributed by atoms with E-state index in [1.807, 2.05) is 20.0 Å². The maximum Gasteiger partial charge on any atom is 0.240 e. The molecule has 5 nitrogen and oxygen atoms in total. The van der Waals surface area contributed by atoms with Crippen molar-refractivity contribution in [1.29, 1.82) is 0 Å². The van der Waals surface area contributed by atoms with Crippen LogP contribution in [0.3, 0.4) is 0 Å². The summed E-state index contributed by atoms with van der Waals surface area (Å²) >= 11 is 3.41. The van der Waals surface area contributed by atoms with Crippen LogP contribution in [0.5, 0.6) is 0 Å². The maximum absolute atomic E-state index is 12.4. The van der Waals surface area contributed by atoms with Crippen LogP contribution in [-0.2, 0) is 21.3 Å². The highest BCUT2D eigenvalue weighted by Crippen LogP contribution is 2.25. The monoisotopic (exact) mass is 364 g/mol. The number of halogens is 1. The molecular weight excluding hydrogens is 344 g/mol. The Kier molecular flexibility index (Phi) is 6.60. The van der Waals surface area contributed by atoms with Crippen molar-refractivity contribution in [1.82, 2.24) is 10.0 Å². The Balaban J connectivity index is 3.10. The predicted octanol–water partition coefficient (Wildman–Crippen LogP) is 1.79. The van der Waals surface area contributed by atoms with Gasteiger partial charge in [-0.05, 0) is 44.2 Å². The van der Waals surface area contributed by atoms with Gasteiger partial charge in [-0.1, -0.05) is 15.9 Å². The fraction of sp³-hybridized carbons (Fsp3) is 0.538.